The van der Waals surface area contributed by atoms with Crippen molar-refractivity contribution >= 4 is 13.8 Å². The SMILES string of the molecule is C=C(C)C1CCC(C)=CC1c1c(O)cc(CCCCC)cc1OC(=O)OC[C@@H]1C=C[C@H](n2cc(C)c(=O)[nH]c2=O)O1.Cc1cn([C@H]2C=C[C@@H](CO)O2)c(=O)[nH]c1=O.[B]=NCO.[Y]. The van der Waals surface area contributed by atoms with Gasteiger partial charge in [-0.1, -0.05) is 55.7 Å². The molecule has 6 atom stereocenters. The molecule has 4 heterocycles. The summed E-state index contributed by atoms with van der Waals surface area (Å²) in [5.41, 5.74) is 2.49. The summed E-state index contributed by atoms with van der Waals surface area (Å²) in [4.78, 5) is 66.7. The van der Waals surface area contributed by atoms with Crippen LogP contribution in [0.1, 0.15) is 93.5 Å². The third-order valence-corrected chi connectivity index (χ3v) is 10.2. The number of benzene rings is 1. The van der Waals surface area contributed by atoms with E-state index in [-0.39, 0.29) is 76.0 Å². The van der Waals surface area contributed by atoms with E-state index < -0.39 is 53.3 Å². The number of nitrogens with one attached hydrogen (secondary N) is 2. The first-order valence-corrected chi connectivity index (χ1v) is 20.0. The van der Waals surface area contributed by atoms with E-state index >= 15 is 0 Å². The molecular formula is C43H55BN5O12Y. The zero-order valence-corrected chi connectivity index (χ0v) is 38.6. The molecule has 6 rings (SSSR count). The third-order valence-electron chi connectivity index (χ3n) is 10.2. The molecule has 0 bridgehead atoms. The number of nitrogens with zero attached hydrogens (tertiary/aromatic N) is 3. The van der Waals surface area contributed by atoms with Crippen LogP contribution in [0.3, 0.4) is 0 Å². The van der Waals surface area contributed by atoms with Crippen LogP contribution in [0, 0.1) is 19.8 Å². The first-order valence-electron chi connectivity index (χ1n) is 20.0. The number of aromatic nitrogens is 4. The minimum Gasteiger partial charge on any atom is 0 e. The van der Waals surface area contributed by atoms with Gasteiger partial charge in [0, 0.05) is 67.7 Å². The number of aryl methyl sites for hydroxylation is 3. The maximum absolute atomic E-state index is 12.9. The predicted molar refractivity (Wildman–Crippen MR) is 228 cm³/mol. The number of H-pyrrole nitrogens is 2. The Hall–Kier alpha value is -4.58. The van der Waals surface area contributed by atoms with Crippen molar-refractivity contribution in [2.75, 3.05) is 19.9 Å². The van der Waals surface area contributed by atoms with Gasteiger partial charge in [0.2, 0.25) is 0 Å². The van der Waals surface area contributed by atoms with Gasteiger partial charge in [0.15, 0.2) is 12.5 Å². The zero-order chi connectivity index (χ0) is 44.8. The van der Waals surface area contributed by atoms with E-state index in [4.69, 9.17) is 29.2 Å². The van der Waals surface area contributed by atoms with E-state index in [0.717, 1.165) is 49.7 Å². The predicted octanol–water partition coefficient (Wildman–Crippen LogP) is 4.55. The van der Waals surface area contributed by atoms with Crippen molar-refractivity contribution in [2.24, 2.45) is 10.8 Å². The standard InChI is InChI=1S/C32H40N2O7.C10H12N2O4.CH3BNO.Y/c1-6-7-8-9-22-15-26(35)29(25-14-20(4)10-12-24(25)19(2)3)27(16-22)41-32(38)39-18-23-11-13-28(40-23)34-17-21(5)30(36)33-31(34)37;1-6-4-12(10(15)11-9(6)14)8-3-2-7(5-13)16-8;2-3-1-4;/h11,13-17,23-25,28,35H,2,6-10,12,18H2,1,3-5H3,(H,33,36,37);2-4,7-8,13H,5H2,1H3,(H,11,14,15);4H,1H2;/t23-,24?,25?,28+;7-,8+;;/m00../s1. The van der Waals surface area contributed by atoms with Gasteiger partial charge in [-0.05, 0) is 89.1 Å². The van der Waals surface area contributed by atoms with Gasteiger partial charge in [-0.25, -0.2) is 14.4 Å². The second-order valence-electron chi connectivity index (χ2n) is 15.0. The van der Waals surface area contributed by atoms with Crippen LogP contribution in [0.25, 0.3) is 0 Å². The maximum atomic E-state index is 12.9. The summed E-state index contributed by atoms with van der Waals surface area (Å²) in [5, 5.41) is 27.7. The molecule has 0 amide bonds. The third kappa shape index (κ3) is 14.2. The van der Waals surface area contributed by atoms with Gasteiger partial charge >= 0.3 is 41.9 Å². The molecule has 2 radical (unpaired) electrons. The number of aliphatic hydroxyl groups excluding tert-OH is 2. The summed E-state index contributed by atoms with van der Waals surface area (Å²) in [6.45, 7) is 13.0. The first-order chi connectivity index (χ1) is 29.1. The fourth-order valence-electron chi connectivity index (χ4n) is 7.03. The minimum atomic E-state index is -0.919. The van der Waals surface area contributed by atoms with Crippen LogP contribution in [0.2, 0.25) is 0 Å². The largest absolute Gasteiger partial charge is 0 e. The number of aliphatic hydroxyl groups is 2. The molecule has 0 saturated heterocycles. The molecule has 0 spiro atoms. The summed E-state index contributed by atoms with van der Waals surface area (Å²) >= 11 is 0. The average molecular weight is 934 g/mol. The molecule has 3 aliphatic rings. The van der Waals surface area contributed by atoms with Crippen molar-refractivity contribution in [2.45, 2.75) is 104 Å². The first kappa shape index (κ1) is 51.8. The van der Waals surface area contributed by atoms with Gasteiger partial charge in [-0.2, -0.15) is 0 Å². The normalized spacial score (nSPS) is 21.0. The molecule has 0 saturated carbocycles. The smallest absolute Gasteiger partial charge is 0 e. The maximum Gasteiger partial charge on any atom is 0 e. The molecule has 2 unspecified atom stereocenters. The Kier molecular flexibility index (Phi) is 20.8. The van der Waals surface area contributed by atoms with Crippen LogP contribution in [0.4, 0.5) is 4.79 Å². The molecule has 2 aliphatic heterocycles. The van der Waals surface area contributed by atoms with Gasteiger partial charge in [0.05, 0.1) is 6.61 Å². The summed E-state index contributed by atoms with van der Waals surface area (Å²) in [6.07, 6.45) is 14.1. The number of carbonyl (C=O) groups excluding carboxylic acids is 1. The zero-order valence-electron chi connectivity index (χ0n) is 35.7. The van der Waals surface area contributed by atoms with Gasteiger partial charge in [-0.15, -0.1) is 0 Å². The van der Waals surface area contributed by atoms with E-state index in [1.807, 2.05) is 13.0 Å². The Morgan fingerprint density at radius 2 is 1.50 bits per heavy atom. The number of hydrogen-bond donors (Lipinski definition) is 5. The van der Waals surface area contributed by atoms with Crippen LogP contribution >= 0.6 is 0 Å². The monoisotopic (exact) mass is 933 g/mol. The number of unbranched alkanes of at least 4 members (excludes halogenated alkanes) is 2. The van der Waals surface area contributed by atoms with E-state index in [1.165, 1.54) is 27.1 Å². The van der Waals surface area contributed by atoms with Gasteiger partial charge in [0.25, 0.3) is 11.1 Å². The van der Waals surface area contributed by atoms with Crippen molar-refractivity contribution in [1.29, 1.82) is 0 Å². The van der Waals surface area contributed by atoms with E-state index in [0.29, 0.717) is 16.7 Å². The number of phenolic OH excluding ortho intramolecular Hbond substituents is 1. The molecule has 5 N–H and O–H groups in total. The molecular weight excluding hydrogens is 878 g/mol. The minimum absolute atomic E-state index is 0. The molecule has 19 heteroatoms. The molecule has 17 nitrogen and oxygen atoms in total. The number of carbonyl (C=O) groups is 1. The van der Waals surface area contributed by atoms with Crippen molar-refractivity contribution < 1.29 is 71.8 Å². The second-order valence-corrected chi connectivity index (χ2v) is 15.0. The van der Waals surface area contributed by atoms with E-state index in [2.05, 4.69) is 49.0 Å². The molecule has 3 aromatic rings. The Morgan fingerprint density at radius 1 is 0.935 bits per heavy atom. The van der Waals surface area contributed by atoms with Crippen molar-refractivity contribution in [1.82, 2.24) is 19.1 Å². The van der Waals surface area contributed by atoms with Crippen LogP contribution in [0.5, 0.6) is 11.5 Å². The van der Waals surface area contributed by atoms with E-state index in [1.54, 1.807) is 44.2 Å². The average Bonchev–Trinajstić information content (AvgIpc) is 3.90. The molecule has 62 heavy (non-hydrogen) atoms. The second kappa shape index (κ2) is 24.9. The summed E-state index contributed by atoms with van der Waals surface area (Å²) in [5.74, 6) is 0.285. The van der Waals surface area contributed by atoms with E-state index in [9.17, 15) is 29.1 Å². The number of phenols is 1. The van der Waals surface area contributed by atoms with Crippen molar-refractivity contribution in [3.8, 4) is 11.5 Å². The Balaban J connectivity index is 0.000000403. The van der Waals surface area contributed by atoms with Gasteiger partial charge < -0.3 is 29.2 Å². The van der Waals surface area contributed by atoms with Crippen LogP contribution < -0.4 is 27.2 Å². The quantitative estimate of drug-likeness (QED) is 0.0522. The fraction of sp³-hybridized carbons (Fsp3) is 0.465. The van der Waals surface area contributed by atoms with Gasteiger partial charge in [0.1, 0.15) is 30.3 Å². The number of aromatic amines is 2. The Labute approximate surface area is 385 Å². The van der Waals surface area contributed by atoms with Crippen LogP contribution in [0.15, 0.2) is 96.7 Å². The summed E-state index contributed by atoms with van der Waals surface area (Å²) in [7, 11) is 4.40. The number of hydrogen-bond acceptors (Lipinski definition) is 13. The van der Waals surface area contributed by atoms with Crippen molar-refractivity contribution in [3.63, 3.8) is 0 Å². The molecule has 0 fully saturated rings. The fourth-order valence-corrected chi connectivity index (χ4v) is 7.03. The molecule has 1 aliphatic carbocycles. The van der Waals surface area contributed by atoms with Crippen LogP contribution in [-0.4, -0.2) is 80.4 Å². The number of ether oxygens (including phenoxy) is 4. The Bertz CT molecular complexity index is 2370. The Morgan fingerprint density at radius 3 is 2.02 bits per heavy atom. The summed E-state index contributed by atoms with van der Waals surface area (Å²) in [6, 6.07) is 3.60. The topological polar surface area (TPSA) is 237 Å². The summed E-state index contributed by atoms with van der Waals surface area (Å²) < 4.78 is 24.9. The van der Waals surface area contributed by atoms with Crippen LogP contribution in [-0.2, 0) is 53.3 Å². The number of allylic oxidation sites excluding steroid dienone is 3. The molecule has 330 valence electrons. The number of rotatable bonds is 13. The van der Waals surface area contributed by atoms with Crippen molar-refractivity contribution in [3.05, 3.63) is 137 Å². The molecule has 1 aromatic carbocycles. The number of aromatic hydroxyl groups is 1. The van der Waals surface area contributed by atoms with Gasteiger partial charge in [-0.3, -0.25) is 28.7 Å². The molecule has 2 aromatic heterocycles.